The summed E-state index contributed by atoms with van der Waals surface area (Å²) in [6.45, 7) is 4.75. The Morgan fingerprint density at radius 3 is 0.850 bits per heavy atom. The fourth-order valence-electron chi connectivity index (χ4n) is 11.1. The van der Waals surface area contributed by atoms with Crippen LogP contribution in [0.1, 0.15) is 362 Å². The van der Waals surface area contributed by atoms with Crippen LogP contribution in [0.15, 0.2) is 72.9 Å². The SMILES string of the molecule is CC/C=C\C/C=C\C/C=C\C/C=C\C/C=C\CCCCCC(=O)OCC(COP(=O)(O)OCC(O)COP(=O)(O)OCC(COC(=O)CCCCCCCCCCCCCCCCC)OC(=O)CCCCCCCCCCCCCCCCC)OC(=O)CCCCCCC/C=C\CCCC. The second-order valence-corrected chi connectivity index (χ2v) is 29.9. The first kappa shape index (κ1) is 96.5. The number of carbonyl (C=O) groups is 4. The molecule has 0 saturated heterocycles. The van der Waals surface area contributed by atoms with Crippen molar-refractivity contribution in [2.24, 2.45) is 0 Å². The third-order valence-corrected chi connectivity index (χ3v) is 19.1. The normalized spacial score (nSPS) is 14.3. The third-order valence-electron chi connectivity index (χ3n) is 17.2. The molecule has 0 radical (unpaired) electrons. The van der Waals surface area contributed by atoms with E-state index in [1.807, 2.05) is 0 Å². The van der Waals surface area contributed by atoms with E-state index in [0.29, 0.717) is 25.7 Å². The molecule has 0 aliphatic carbocycles. The predicted octanol–water partition coefficient (Wildman–Crippen LogP) is 23.2. The number of aliphatic hydroxyl groups is 1. The number of aliphatic hydroxyl groups excluding tert-OH is 1. The molecular formula is C81H146O17P2. The van der Waals surface area contributed by atoms with Gasteiger partial charge < -0.3 is 33.8 Å². The van der Waals surface area contributed by atoms with E-state index in [4.69, 9.17) is 37.0 Å². The highest BCUT2D eigenvalue weighted by molar-refractivity contribution is 7.47. The molecule has 0 aliphatic rings. The second kappa shape index (κ2) is 73.8. The fraction of sp³-hybridized carbons (Fsp3) is 0.802. The highest BCUT2D eigenvalue weighted by Crippen LogP contribution is 2.45. The van der Waals surface area contributed by atoms with E-state index in [9.17, 15) is 43.2 Å². The summed E-state index contributed by atoms with van der Waals surface area (Å²) in [5, 5.41) is 10.6. The number of rotatable bonds is 76. The summed E-state index contributed by atoms with van der Waals surface area (Å²) in [7, 11) is -9.95. The zero-order valence-corrected chi connectivity index (χ0v) is 65.4. The van der Waals surface area contributed by atoms with Crippen LogP contribution in [0.5, 0.6) is 0 Å². The number of allylic oxidation sites excluding steroid dienone is 12. The lowest BCUT2D eigenvalue weighted by atomic mass is 10.0. The van der Waals surface area contributed by atoms with Gasteiger partial charge in [-0.2, -0.15) is 0 Å². The number of unbranched alkanes of at least 4 members (excludes halogenated alkanes) is 38. The topological polar surface area (TPSA) is 237 Å². The van der Waals surface area contributed by atoms with Crippen LogP contribution in [0.25, 0.3) is 0 Å². The standard InChI is InChI=1S/C81H146O17P2/c1-5-9-13-17-21-25-29-32-35-36-37-38-41-43-47-50-54-58-62-66-79(84)91-71-76(97-80(85)67-63-59-55-51-45-28-24-20-16-12-8-4)73-95-99(87,88)93-69-75(82)70-94-100(89,90)96-74-77(98-81(86)68-64-60-56-52-48-44-40-34-31-27-23-19-15-11-7-3)72-92-78(83)65-61-57-53-49-46-42-39-33-30-26-22-18-14-10-6-2/h9,13,20-21,24-25,32,35,37-38,43,47,75-77,82H,5-8,10-12,14-19,22-23,26-31,33-34,36,39-42,44-46,48-74H2,1-4H3,(H,87,88)(H,89,90)/b13-9-,24-20-,25-21-,35-32-,38-37-,47-43-. The molecule has 100 heavy (non-hydrogen) atoms. The average Bonchev–Trinajstić information content (AvgIpc) is 0.953. The van der Waals surface area contributed by atoms with Crippen molar-refractivity contribution in [2.45, 2.75) is 380 Å². The number of phosphoric acid groups is 2. The summed E-state index contributed by atoms with van der Waals surface area (Å²) < 4.78 is 68.6. The van der Waals surface area contributed by atoms with Gasteiger partial charge in [0.1, 0.15) is 19.3 Å². The highest BCUT2D eigenvalue weighted by atomic mass is 31.2. The zero-order chi connectivity index (χ0) is 73.2. The van der Waals surface area contributed by atoms with Crippen molar-refractivity contribution >= 4 is 39.5 Å². The van der Waals surface area contributed by atoms with Gasteiger partial charge in [-0.25, -0.2) is 9.13 Å². The minimum Gasteiger partial charge on any atom is -0.462 e. The molecular weight excluding hydrogens is 1310 g/mol. The molecule has 0 amide bonds. The molecule has 0 aliphatic heterocycles. The molecule has 0 fully saturated rings. The van der Waals surface area contributed by atoms with E-state index in [0.717, 1.165) is 135 Å². The van der Waals surface area contributed by atoms with Gasteiger partial charge in [-0.3, -0.25) is 37.3 Å². The fourth-order valence-corrected chi connectivity index (χ4v) is 12.6. The first-order valence-electron chi connectivity index (χ1n) is 40.2. The van der Waals surface area contributed by atoms with Crippen molar-refractivity contribution in [2.75, 3.05) is 39.6 Å². The summed E-state index contributed by atoms with van der Waals surface area (Å²) in [5.74, 6) is -2.19. The summed E-state index contributed by atoms with van der Waals surface area (Å²) in [6.07, 6.45) is 74.6. The number of ether oxygens (including phenoxy) is 4. The maximum atomic E-state index is 13.1. The molecule has 0 aromatic rings. The molecule has 582 valence electrons. The summed E-state index contributed by atoms with van der Waals surface area (Å²) in [4.78, 5) is 72.9. The molecule has 19 heteroatoms. The lowest BCUT2D eigenvalue weighted by Gasteiger charge is -2.21. The van der Waals surface area contributed by atoms with Crippen LogP contribution in [-0.2, 0) is 65.4 Å². The lowest BCUT2D eigenvalue weighted by Crippen LogP contribution is -2.30. The van der Waals surface area contributed by atoms with Crippen LogP contribution in [0, 0.1) is 0 Å². The van der Waals surface area contributed by atoms with Crippen molar-refractivity contribution in [1.82, 2.24) is 0 Å². The summed E-state index contributed by atoms with van der Waals surface area (Å²) in [5.41, 5.74) is 0. The van der Waals surface area contributed by atoms with Crippen LogP contribution >= 0.6 is 15.6 Å². The Kier molecular flexibility index (Phi) is 71.2. The van der Waals surface area contributed by atoms with Gasteiger partial charge in [0.2, 0.25) is 0 Å². The molecule has 0 aromatic carbocycles. The molecule has 0 heterocycles. The van der Waals surface area contributed by atoms with Crippen molar-refractivity contribution in [3.63, 3.8) is 0 Å². The minimum absolute atomic E-state index is 0.0790. The molecule has 0 rings (SSSR count). The largest absolute Gasteiger partial charge is 0.472 e. The Morgan fingerprint density at radius 1 is 0.290 bits per heavy atom. The smallest absolute Gasteiger partial charge is 0.462 e. The molecule has 0 spiro atoms. The van der Waals surface area contributed by atoms with Crippen LogP contribution in [0.2, 0.25) is 0 Å². The summed E-state index contributed by atoms with van der Waals surface area (Å²) in [6, 6.07) is 0. The van der Waals surface area contributed by atoms with Gasteiger partial charge in [-0.15, -0.1) is 0 Å². The maximum Gasteiger partial charge on any atom is 0.472 e. The van der Waals surface area contributed by atoms with Gasteiger partial charge >= 0.3 is 39.5 Å². The number of hydrogen-bond acceptors (Lipinski definition) is 15. The zero-order valence-electron chi connectivity index (χ0n) is 63.6. The van der Waals surface area contributed by atoms with E-state index in [2.05, 4.69) is 101 Å². The monoisotopic (exact) mass is 1450 g/mol. The number of esters is 4. The number of carbonyl (C=O) groups excluding carboxylic acids is 4. The Hall–Kier alpha value is -3.50. The number of hydrogen-bond donors (Lipinski definition) is 3. The predicted molar refractivity (Wildman–Crippen MR) is 409 cm³/mol. The summed E-state index contributed by atoms with van der Waals surface area (Å²) >= 11 is 0. The Bertz CT molecular complexity index is 2180. The molecule has 0 bridgehead atoms. The molecule has 3 N–H and O–H groups in total. The van der Waals surface area contributed by atoms with E-state index in [1.54, 1.807) is 0 Å². The van der Waals surface area contributed by atoms with Crippen LogP contribution in [-0.4, -0.2) is 96.7 Å². The molecule has 5 atom stereocenters. The van der Waals surface area contributed by atoms with Gasteiger partial charge in [0.25, 0.3) is 0 Å². The van der Waals surface area contributed by atoms with Gasteiger partial charge in [0.05, 0.1) is 26.4 Å². The minimum atomic E-state index is -4.98. The maximum absolute atomic E-state index is 13.1. The quantitative estimate of drug-likeness (QED) is 0.0169. The van der Waals surface area contributed by atoms with Gasteiger partial charge in [-0.1, -0.05) is 319 Å². The number of phosphoric ester groups is 2. The van der Waals surface area contributed by atoms with Crippen LogP contribution in [0.4, 0.5) is 0 Å². The molecule has 17 nitrogen and oxygen atoms in total. The van der Waals surface area contributed by atoms with Crippen LogP contribution < -0.4 is 0 Å². The Balaban J connectivity index is 5.31. The molecule has 0 aromatic heterocycles. The van der Waals surface area contributed by atoms with E-state index < -0.39 is 97.5 Å². The van der Waals surface area contributed by atoms with Crippen molar-refractivity contribution < 1.29 is 80.2 Å². The second-order valence-electron chi connectivity index (χ2n) is 27.0. The van der Waals surface area contributed by atoms with E-state index in [1.165, 1.54) is 148 Å². The Morgan fingerprint density at radius 2 is 0.530 bits per heavy atom. The van der Waals surface area contributed by atoms with E-state index >= 15 is 0 Å². The van der Waals surface area contributed by atoms with Gasteiger partial charge in [0.15, 0.2) is 12.2 Å². The highest BCUT2D eigenvalue weighted by Gasteiger charge is 2.30. The lowest BCUT2D eigenvalue weighted by molar-refractivity contribution is -0.161. The Labute approximate surface area is 609 Å². The third kappa shape index (κ3) is 72.8. The van der Waals surface area contributed by atoms with Crippen molar-refractivity contribution in [1.29, 1.82) is 0 Å². The van der Waals surface area contributed by atoms with Crippen LogP contribution in [0.3, 0.4) is 0 Å². The first-order chi connectivity index (χ1) is 48.7. The average molecular weight is 1450 g/mol. The van der Waals surface area contributed by atoms with Crippen molar-refractivity contribution in [3.8, 4) is 0 Å². The molecule has 0 saturated carbocycles. The first-order valence-corrected chi connectivity index (χ1v) is 43.2. The van der Waals surface area contributed by atoms with E-state index in [-0.39, 0.29) is 25.7 Å². The van der Waals surface area contributed by atoms with Gasteiger partial charge in [-0.05, 0) is 89.9 Å². The van der Waals surface area contributed by atoms with Crippen molar-refractivity contribution in [3.05, 3.63) is 72.9 Å². The molecule has 5 unspecified atom stereocenters. The van der Waals surface area contributed by atoms with Gasteiger partial charge in [0, 0.05) is 25.7 Å².